The summed E-state index contributed by atoms with van der Waals surface area (Å²) < 4.78 is 26.3. The third-order valence-corrected chi connectivity index (χ3v) is 6.80. The Morgan fingerprint density at radius 2 is 1.94 bits per heavy atom. The maximum atomic E-state index is 13.3. The summed E-state index contributed by atoms with van der Waals surface area (Å²) in [5.41, 5.74) is 2.68. The number of hydrogen-bond donors (Lipinski definition) is 1. The van der Waals surface area contributed by atoms with Crippen LogP contribution in [0, 0.1) is 11.7 Å². The van der Waals surface area contributed by atoms with Gasteiger partial charge in [0.05, 0.1) is 26.0 Å². The van der Waals surface area contributed by atoms with Crippen LogP contribution < -0.4 is 10.1 Å². The van der Waals surface area contributed by atoms with Crippen molar-refractivity contribution in [2.24, 2.45) is 5.92 Å². The summed E-state index contributed by atoms with van der Waals surface area (Å²) in [4.78, 5) is 27.5. The molecule has 10 heteroatoms. The first kappa shape index (κ1) is 23.9. The van der Waals surface area contributed by atoms with Gasteiger partial charge >= 0.3 is 0 Å². The minimum Gasteiger partial charge on any atom is -0.497 e. The molecular weight excluding hydrogens is 465 g/mol. The van der Waals surface area contributed by atoms with Crippen molar-refractivity contribution in [2.45, 2.75) is 38.6 Å². The molecule has 5 rings (SSSR count). The number of piperidine rings is 1. The second-order valence-electron chi connectivity index (χ2n) is 9.05. The van der Waals surface area contributed by atoms with E-state index in [0.29, 0.717) is 49.4 Å². The molecule has 1 unspecified atom stereocenters. The van der Waals surface area contributed by atoms with Crippen molar-refractivity contribution in [3.63, 3.8) is 0 Å². The molecule has 2 aromatic carbocycles. The average Bonchev–Trinajstić information content (AvgIpc) is 3.35. The van der Waals surface area contributed by atoms with Gasteiger partial charge in [0.25, 0.3) is 5.91 Å². The molecule has 36 heavy (non-hydrogen) atoms. The minimum absolute atomic E-state index is 0.0784. The number of ether oxygens (including phenoxy) is 2. The standard InChI is InChI=1S/C26H28FN5O4/c1-35-21-7-5-18(6-8-21)23-15-32-22(16-36-23)24(29-30-32)26(34)31-11-9-19(10-12-31)25(33)28-14-17-3-2-4-20(27)13-17/h2-8,13,19,23H,9-12,14-16H2,1H3,(H,28,33). The van der Waals surface area contributed by atoms with Crippen LogP contribution in [-0.2, 0) is 29.2 Å². The molecule has 188 valence electrons. The average molecular weight is 494 g/mol. The zero-order valence-corrected chi connectivity index (χ0v) is 20.0. The highest BCUT2D eigenvalue weighted by atomic mass is 19.1. The number of aromatic nitrogens is 3. The van der Waals surface area contributed by atoms with E-state index in [0.717, 1.165) is 11.3 Å². The smallest absolute Gasteiger partial charge is 0.276 e. The molecule has 2 aliphatic rings. The molecule has 2 amide bonds. The lowest BCUT2D eigenvalue weighted by atomic mass is 9.95. The molecule has 0 spiro atoms. The summed E-state index contributed by atoms with van der Waals surface area (Å²) in [5.74, 6) is -0.0140. The summed E-state index contributed by atoms with van der Waals surface area (Å²) in [7, 11) is 1.62. The second-order valence-corrected chi connectivity index (χ2v) is 9.05. The number of likely N-dealkylation sites (tertiary alicyclic amines) is 1. The fourth-order valence-corrected chi connectivity index (χ4v) is 4.67. The number of rotatable bonds is 6. The van der Waals surface area contributed by atoms with Gasteiger partial charge in [-0.1, -0.05) is 29.5 Å². The topological polar surface area (TPSA) is 98.6 Å². The zero-order chi connectivity index (χ0) is 25.1. The Balaban J connectivity index is 1.15. The van der Waals surface area contributed by atoms with Crippen molar-refractivity contribution in [2.75, 3.05) is 20.2 Å². The molecule has 0 aliphatic carbocycles. The van der Waals surface area contributed by atoms with E-state index in [4.69, 9.17) is 9.47 Å². The Labute approximate surface area is 208 Å². The van der Waals surface area contributed by atoms with E-state index in [-0.39, 0.29) is 42.8 Å². The number of carbonyl (C=O) groups excluding carboxylic acids is 2. The van der Waals surface area contributed by atoms with E-state index < -0.39 is 0 Å². The summed E-state index contributed by atoms with van der Waals surface area (Å²) in [6, 6.07) is 13.8. The highest BCUT2D eigenvalue weighted by Gasteiger charge is 2.33. The highest BCUT2D eigenvalue weighted by molar-refractivity contribution is 5.93. The normalized spacial score (nSPS) is 17.9. The van der Waals surface area contributed by atoms with Crippen LogP contribution >= 0.6 is 0 Å². The summed E-state index contributed by atoms with van der Waals surface area (Å²) >= 11 is 0. The van der Waals surface area contributed by atoms with Crippen molar-refractivity contribution in [3.05, 3.63) is 76.9 Å². The maximum Gasteiger partial charge on any atom is 0.276 e. The first-order valence-electron chi connectivity index (χ1n) is 12.0. The molecule has 3 heterocycles. The van der Waals surface area contributed by atoms with E-state index in [1.807, 2.05) is 24.3 Å². The lowest BCUT2D eigenvalue weighted by Gasteiger charge is -2.31. The fraction of sp³-hybridized carbons (Fsp3) is 0.385. The molecule has 1 fully saturated rings. The van der Waals surface area contributed by atoms with Crippen molar-refractivity contribution in [1.29, 1.82) is 0 Å². The second kappa shape index (κ2) is 10.4. The lowest BCUT2D eigenvalue weighted by molar-refractivity contribution is -0.126. The summed E-state index contributed by atoms with van der Waals surface area (Å²) in [6.07, 6.45) is 0.926. The van der Waals surface area contributed by atoms with E-state index in [9.17, 15) is 14.0 Å². The van der Waals surface area contributed by atoms with Gasteiger partial charge in [-0.05, 0) is 48.2 Å². The van der Waals surface area contributed by atoms with Gasteiger partial charge in [0.15, 0.2) is 5.69 Å². The quantitative estimate of drug-likeness (QED) is 0.567. The monoisotopic (exact) mass is 493 g/mol. The van der Waals surface area contributed by atoms with E-state index in [1.54, 1.807) is 28.8 Å². The number of nitrogens with zero attached hydrogens (tertiary/aromatic N) is 4. The third kappa shape index (κ3) is 5.08. The van der Waals surface area contributed by atoms with Gasteiger partial charge in [-0.2, -0.15) is 0 Å². The van der Waals surface area contributed by atoms with Crippen molar-refractivity contribution in [1.82, 2.24) is 25.2 Å². The van der Waals surface area contributed by atoms with E-state index in [2.05, 4.69) is 15.6 Å². The largest absolute Gasteiger partial charge is 0.497 e. The van der Waals surface area contributed by atoms with Gasteiger partial charge in [-0.3, -0.25) is 9.59 Å². The van der Waals surface area contributed by atoms with Crippen LogP contribution in [0.15, 0.2) is 48.5 Å². The molecule has 1 aromatic heterocycles. The van der Waals surface area contributed by atoms with E-state index in [1.165, 1.54) is 12.1 Å². The molecular formula is C26H28FN5O4. The first-order valence-corrected chi connectivity index (χ1v) is 12.0. The molecule has 2 aliphatic heterocycles. The SMILES string of the molecule is COc1ccc(C2Cn3nnc(C(=O)N4CCC(C(=O)NCc5cccc(F)c5)CC4)c3CO2)cc1. The van der Waals surface area contributed by atoms with Gasteiger partial charge in [-0.15, -0.1) is 5.10 Å². The zero-order valence-electron chi connectivity index (χ0n) is 20.0. The third-order valence-electron chi connectivity index (χ3n) is 6.80. The van der Waals surface area contributed by atoms with Crippen LogP contribution in [-0.4, -0.2) is 51.9 Å². The fourth-order valence-electron chi connectivity index (χ4n) is 4.67. The molecule has 1 saturated heterocycles. The number of benzene rings is 2. The van der Waals surface area contributed by atoms with Crippen LogP contribution in [0.3, 0.4) is 0 Å². The Morgan fingerprint density at radius 3 is 2.67 bits per heavy atom. The number of halogens is 1. The Kier molecular flexibility index (Phi) is 6.95. The van der Waals surface area contributed by atoms with Crippen LogP contribution in [0.25, 0.3) is 0 Å². The van der Waals surface area contributed by atoms with E-state index >= 15 is 0 Å². The van der Waals surface area contributed by atoms with Crippen LogP contribution in [0.4, 0.5) is 4.39 Å². The van der Waals surface area contributed by atoms with Crippen molar-refractivity contribution >= 4 is 11.8 Å². The van der Waals surface area contributed by atoms with Gasteiger partial charge in [0.1, 0.15) is 17.7 Å². The maximum absolute atomic E-state index is 13.3. The van der Waals surface area contributed by atoms with Gasteiger partial charge in [0, 0.05) is 25.6 Å². The predicted octanol–water partition coefficient (Wildman–Crippen LogP) is 2.87. The molecule has 9 nitrogen and oxygen atoms in total. The van der Waals surface area contributed by atoms with Crippen molar-refractivity contribution in [3.8, 4) is 5.75 Å². The number of amides is 2. The summed E-state index contributed by atoms with van der Waals surface area (Å²) in [6.45, 7) is 1.90. The highest BCUT2D eigenvalue weighted by Crippen LogP contribution is 2.29. The Morgan fingerprint density at radius 1 is 1.17 bits per heavy atom. The molecule has 3 aromatic rings. The number of carbonyl (C=O) groups is 2. The Bertz CT molecular complexity index is 1240. The van der Waals surface area contributed by atoms with Gasteiger partial charge < -0.3 is 19.7 Å². The first-order chi connectivity index (χ1) is 17.5. The molecule has 0 bridgehead atoms. The lowest BCUT2D eigenvalue weighted by Crippen LogP contribution is -2.43. The van der Waals surface area contributed by atoms with Crippen LogP contribution in [0.5, 0.6) is 5.75 Å². The molecule has 0 radical (unpaired) electrons. The summed E-state index contributed by atoms with van der Waals surface area (Å²) in [5, 5.41) is 11.2. The Hall–Kier alpha value is -3.79. The predicted molar refractivity (Wildman–Crippen MR) is 127 cm³/mol. The minimum atomic E-state index is -0.328. The van der Waals surface area contributed by atoms with Gasteiger partial charge in [0.2, 0.25) is 5.91 Å². The van der Waals surface area contributed by atoms with Crippen molar-refractivity contribution < 1.29 is 23.5 Å². The molecule has 1 N–H and O–H groups in total. The molecule has 1 atom stereocenters. The van der Waals surface area contributed by atoms with Crippen LogP contribution in [0.1, 0.15) is 46.3 Å². The van der Waals surface area contributed by atoms with Gasteiger partial charge in [-0.25, -0.2) is 9.07 Å². The number of methoxy groups -OCH3 is 1. The number of nitrogens with one attached hydrogen (secondary N) is 1. The molecule has 0 saturated carbocycles. The number of fused-ring (bicyclic) bond motifs is 1. The van der Waals surface area contributed by atoms with Crippen LogP contribution in [0.2, 0.25) is 0 Å². The number of hydrogen-bond acceptors (Lipinski definition) is 6.